The Morgan fingerprint density at radius 3 is 1.53 bits per heavy atom. The lowest BCUT2D eigenvalue weighted by Crippen LogP contribution is -2.21. The van der Waals surface area contributed by atoms with Gasteiger partial charge in [-0.05, 0) is 26.7 Å². The molecule has 0 fully saturated rings. The predicted octanol–water partition coefficient (Wildman–Crippen LogP) is 2.84. The van der Waals surface area contributed by atoms with Crippen molar-refractivity contribution in [1.29, 1.82) is 0 Å². The third-order valence-corrected chi connectivity index (χ3v) is 2.34. The van der Waals surface area contributed by atoms with Crippen molar-refractivity contribution in [3.05, 3.63) is 0 Å². The molecule has 0 saturated carbocycles. The van der Waals surface area contributed by atoms with Crippen LogP contribution >= 0.6 is 0 Å². The molecule has 0 amide bonds. The molecule has 0 rings (SSSR count). The topological polar surface area (TPSA) is 52.6 Å². The molecule has 0 aromatic heterocycles. The summed E-state index contributed by atoms with van der Waals surface area (Å²) in [5.41, 5.74) is 0. The zero-order valence-electron chi connectivity index (χ0n) is 11.3. The predicted molar refractivity (Wildman–Crippen MR) is 65.5 cm³/mol. The second kappa shape index (κ2) is 9.02. The van der Waals surface area contributed by atoms with Gasteiger partial charge in [-0.1, -0.05) is 26.7 Å². The Balaban J connectivity index is 3.83. The highest BCUT2D eigenvalue weighted by atomic mass is 16.6. The highest BCUT2D eigenvalue weighted by molar-refractivity contribution is 5.91. The average molecular weight is 244 g/mol. The van der Waals surface area contributed by atoms with Crippen LogP contribution < -0.4 is 0 Å². The number of rotatable bonds is 8. The first-order valence-corrected chi connectivity index (χ1v) is 6.38. The van der Waals surface area contributed by atoms with Crippen molar-refractivity contribution in [2.45, 2.75) is 72.0 Å². The summed E-state index contributed by atoms with van der Waals surface area (Å²) < 4.78 is 10.1. The third-order valence-electron chi connectivity index (χ3n) is 2.34. The molecule has 0 radical (unpaired) electrons. The molecule has 0 heterocycles. The fourth-order valence-corrected chi connectivity index (χ4v) is 1.58. The number of ether oxygens (including phenoxy) is 2. The Hall–Kier alpha value is -1.06. The number of hydrogen-bond acceptors (Lipinski definition) is 4. The molecule has 100 valence electrons. The second-order valence-electron chi connectivity index (χ2n) is 4.36. The number of carbonyl (C=O) groups excluding carboxylic acids is 2. The first-order chi connectivity index (χ1) is 7.99. The number of esters is 2. The van der Waals surface area contributed by atoms with Crippen molar-refractivity contribution in [3.63, 3.8) is 0 Å². The fourth-order valence-electron chi connectivity index (χ4n) is 1.58. The van der Waals surface area contributed by atoms with Crippen molar-refractivity contribution in [2.75, 3.05) is 0 Å². The first-order valence-electron chi connectivity index (χ1n) is 6.38. The molecule has 0 aliphatic carbocycles. The van der Waals surface area contributed by atoms with Crippen LogP contribution in [-0.2, 0) is 19.1 Å². The lowest BCUT2D eigenvalue weighted by Gasteiger charge is -2.14. The van der Waals surface area contributed by atoms with E-state index in [0.29, 0.717) is 0 Å². The summed E-state index contributed by atoms with van der Waals surface area (Å²) >= 11 is 0. The van der Waals surface area contributed by atoms with Gasteiger partial charge in [0, 0.05) is 0 Å². The fraction of sp³-hybridized carbons (Fsp3) is 0.846. The van der Waals surface area contributed by atoms with Crippen LogP contribution in [-0.4, -0.2) is 24.1 Å². The largest absolute Gasteiger partial charge is 0.462 e. The molecular formula is C13H24O4. The van der Waals surface area contributed by atoms with Gasteiger partial charge < -0.3 is 9.47 Å². The van der Waals surface area contributed by atoms with Gasteiger partial charge in [0.1, 0.15) is 6.42 Å². The summed E-state index contributed by atoms with van der Waals surface area (Å²) in [7, 11) is 0. The van der Waals surface area contributed by atoms with Gasteiger partial charge in [0.25, 0.3) is 0 Å². The van der Waals surface area contributed by atoms with Crippen LogP contribution in [0.4, 0.5) is 0 Å². The summed E-state index contributed by atoms with van der Waals surface area (Å²) in [6, 6.07) is 0. The van der Waals surface area contributed by atoms with Gasteiger partial charge in [-0.15, -0.1) is 0 Å². The lowest BCUT2D eigenvalue weighted by molar-refractivity contribution is -0.159. The van der Waals surface area contributed by atoms with Gasteiger partial charge in [-0.3, -0.25) is 9.59 Å². The van der Waals surface area contributed by atoms with Gasteiger partial charge in [-0.2, -0.15) is 0 Å². The van der Waals surface area contributed by atoms with E-state index in [1.54, 1.807) is 0 Å². The van der Waals surface area contributed by atoms with Gasteiger partial charge in [0.2, 0.25) is 0 Å². The van der Waals surface area contributed by atoms with Crippen LogP contribution in [0.3, 0.4) is 0 Å². The molecule has 0 N–H and O–H groups in total. The standard InChI is InChI=1S/C13H24O4/c1-5-7-10(3)16-12(14)9-13(15)17-11(4)8-6-2/h10-11H,5-9H2,1-4H3/t10-,11-/m0/s1. The van der Waals surface area contributed by atoms with E-state index in [1.807, 2.05) is 27.7 Å². The summed E-state index contributed by atoms with van der Waals surface area (Å²) in [5, 5.41) is 0. The van der Waals surface area contributed by atoms with E-state index in [-0.39, 0.29) is 18.6 Å². The van der Waals surface area contributed by atoms with E-state index in [9.17, 15) is 9.59 Å². The highest BCUT2D eigenvalue weighted by Crippen LogP contribution is 2.06. The summed E-state index contributed by atoms with van der Waals surface area (Å²) in [5.74, 6) is -1.00. The van der Waals surface area contributed by atoms with Crippen LogP contribution in [0, 0.1) is 0 Å². The molecule has 0 saturated heterocycles. The first kappa shape index (κ1) is 15.9. The SMILES string of the molecule is CCC[C@H](C)OC(=O)CC(=O)O[C@@H](C)CCC. The van der Waals surface area contributed by atoms with Crippen LogP contribution in [0.1, 0.15) is 59.8 Å². The smallest absolute Gasteiger partial charge is 0.317 e. The minimum atomic E-state index is -0.500. The lowest BCUT2D eigenvalue weighted by atomic mass is 10.2. The Kier molecular flexibility index (Phi) is 8.46. The van der Waals surface area contributed by atoms with E-state index in [1.165, 1.54) is 0 Å². The molecule has 0 aliphatic heterocycles. The monoisotopic (exact) mass is 244 g/mol. The zero-order valence-corrected chi connectivity index (χ0v) is 11.3. The maximum absolute atomic E-state index is 11.4. The number of carbonyl (C=O) groups is 2. The van der Waals surface area contributed by atoms with Crippen LogP contribution in [0.15, 0.2) is 0 Å². The van der Waals surface area contributed by atoms with Crippen LogP contribution in [0.5, 0.6) is 0 Å². The second-order valence-corrected chi connectivity index (χ2v) is 4.36. The third kappa shape index (κ3) is 8.72. The van der Waals surface area contributed by atoms with Crippen molar-refractivity contribution in [2.24, 2.45) is 0 Å². The van der Waals surface area contributed by atoms with Gasteiger partial charge in [-0.25, -0.2) is 0 Å². The summed E-state index contributed by atoms with van der Waals surface area (Å²) in [6.07, 6.45) is 2.97. The van der Waals surface area contributed by atoms with Gasteiger partial charge >= 0.3 is 11.9 Å². The Labute approximate surface area is 104 Å². The normalized spacial score (nSPS) is 13.9. The maximum Gasteiger partial charge on any atom is 0.317 e. The van der Waals surface area contributed by atoms with E-state index >= 15 is 0 Å². The Morgan fingerprint density at radius 2 is 1.24 bits per heavy atom. The summed E-state index contributed by atoms with van der Waals surface area (Å²) in [6.45, 7) is 7.69. The molecule has 0 aromatic rings. The molecule has 4 nitrogen and oxygen atoms in total. The van der Waals surface area contributed by atoms with E-state index in [2.05, 4.69) is 0 Å². The van der Waals surface area contributed by atoms with Gasteiger partial charge in [0.05, 0.1) is 12.2 Å². The highest BCUT2D eigenvalue weighted by Gasteiger charge is 2.16. The van der Waals surface area contributed by atoms with Crippen molar-refractivity contribution in [3.8, 4) is 0 Å². The Morgan fingerprint density at radius 1 is 0.882 bits per heavy atom. The summed E-state index contributed by atoms with van der Waals surface area (Å²) in [4.78, 5) is 22.7. The zero-order chi connectivity index (χ0) is 13.3. The molecule has 4 heteroatoms. The van der Waals surface area contributed by atoms with Crippen LogP contribution in [0.25, 0.3) is 0 Å². The van der Waals surface area contributed by atoms with Crippen molar-refractivity contribution >= 4 is 11.9 Å². The van der Waals surface area contributed by atoms with Crippen LogP contribution in [0.2, 0.25) is 0 Å². The average Bonchev–Trinajstić information content (AvgIpc) is 2.16. The minimum absolute atomic E-state index is 0.131. The molecule has 0 spiro atoms. The molecule has 17 heavy (non-hydrogen) atoms. The molecule has 0 bridgehead atoms. The van der Waals surface area contributed by atoms with Gasteiger partial charge in [0.15, 0.2) is 0 Å². The van der Waals surface area contributed by atoms with E-state index in [0.717, 1.165) is 25.7 Å². The minimum Gasteiger partial charge on any atom is -0.462 e. The van der Waals surface area contributed by atoms with E-state index in [4.69, 9.17) is 9.47 Å². The molecule has 0 unspecified atom stereocenters. The maximum atomic E-state index is 11.4. The van der Waals surface area contributed by atoms with Crippen molar-refractivity contribution in [1.82, 2.24) is 0 Å². The Bertz CT molecular complexity index is 214. The molecular weight excluding hydrogens is 220 g/mol. The van der Waals surface area contributed by atoms with Crippen molar-refractivity contribution < 1.29 is 19.1 Å². The molecule has 2 atom stereocenters. The molecule has 0 aromatic carbocycles. The molecule has 0 aliphatic rings. The number of hydrogen-bond donors (Lipinski definition) is 0. The quantitative estimate of drug-likeness (QED) is 0.486. The van der Waals surface area contributed by atoms with E-state index < -0.39 is 11.9 Å².